The van der Waals surface area contributed by atoms with Crippen molar-refractivity contribution in [2.24, 2.45) is 5.14 Å². The number of anilines is 1. The van der Waals surface area contributed by atoms with Gasteiger partial charge in [0.2, 0.25) is 10.0 Å². The molecule has 0 aromatic heterocycles. The number of sulfonamides is 1. The summed E-state index contributed by atoms with van der Waals surface area (Å²) in [7, 11) is -3.77. The number of hydrogen-bond donors (Lipinski definition) is 3. The van der Waals surface area contributed by atoms with Crippen molar-refractivity contribution < 1.29 is 13.5 Å². The van der Waals surface area contributed by atoms with E-state index in [1.807, 2.05) is 0 Å². The van der Waals surface area contributed by atoms with Gasteiger partial charge in [-0.3, -0.25) is 0 Å². The Balaban J connectivity index is 3.29. The highest BCUT2D eigenvalue weighted by Crippen LogP contribution is 2.17. The van der Waals surface area contributed by atoms with Crippen LogP contribution in [0.1, 0.15) is 5.56 Å². The molecule has 0 amide bonds. The highest BCUT2D eigenvalue weighted by Gasteiger charge is 2.11. The Labute approximate surface area is 76.0 Å². The van der Waals surface area contributed by atoms with Gasteiger partial charge >= 0.3 is 0 Å². The molecule has 0 saturated heterocycles. The van der Waals surface area contributed by atoms with Gasteiger partial charge in [-0.25, -0.2) is 13.6 Å². The van der Waals surface area contributed by atoms with Crippen LogP contribution in [0.25, 0.3) is 0 Å². The summed E-state index contributed by atoms with van der Waals surface area (Å²) in [6, 6.07) is 4.10. The Morgan fingerprint density at radius 2 is 2.00 bits per heavy atom. The number of nitrogen functional groups attached to an aromatic ring is 1. The Kier molecular flexibility index (Phi) is 2.55. The number of aliphatic hydroxyl groups excluding tert-OH is 1. The second kappa shape index (κ2) is 3.33. The quantitative estimate of drug-likeness (QED) is 0.557. The molecule has 72 valence electrons. The van der Waals surface area contributed by atoms with E-state index in [0.717, 1.165) is 0 Å². The van der Waals surface area contributed by atoms with E-state index in [4.69, 9.17) is 16.0 Å². The zero-order chi connectivity index (χ0) is 10.1. The fourth-order valence-corrected chi connectivity index (χ4v) is 1.60. The van der Waals surface area contributed by atoms with Gasteiger partial charge in [-0.15, -0.1) is 0 Å². The molecule has 0 radical (unpaired) electrons. The van der Waals surface area contributed by atoms with Gasteiger partial charge in [0.05, 0.1) is 12.3 Å². The first-order valence-electron chi connectivity index (χ1n) is 3.47. The fraction of sp³-hybridized carbons (Fsp3) is 0.143. The van der Waals surface area contributed by atoms with E-state index < -0.39 is 10.0 Å². The zero-order valence-corrected chi connectivity index (χ0v) is 7.58. The molecule has 0 unspecified atom stereocenters. The third kappa shape index (κ3) is 2.18. The summed E-state index contributed by atoms with van der Waals surface area (Å²) in [5.41, 5.74) is 6.01. The molecule has 13 heavy (non-hydrogen) atoms. The van der Waals surface area contributed by atoms with Crippen molar-refractivity contribution in [3.63, 3.8) is 0 Å². The van der Waals surface area contributed by atoms with E-state index in [9.17, 15) is 8.42 Å². The van der Waals surface area contributed by atoms with E-state index in [2.05, 4.69) is 0 Å². The summed E-state index contributed by atoms with van der Waals surface area (Å²) < 4.78 is 21.8. The van der Waals surface area contributed by atoms with E-state index in [-0.39, 0.29) is 17.2 Å². The largest absolute Gasteiger partial charge is 0.398 e. The van der Waals surface area contributed by atoms with Crippen LogP contribution in [-0.2, 0) is 16.6 Å². The number of primary sulfonamides is 1. The standard InChI is InChI=1S/C7H10N2O3S/c8-6-3-5(4-10)1-2-7(6)13(9,11)12/h1-3,10H,4,8H2,(H2,9,11,12). The molecule has 0 atom stereocenters. The van der Waals surface area contributed by atoms with Crippen LogP contribution in [0.3, 0.4) is 0 Å². The van der Waals surface area contributed by atoms with Crippen molar-refractivity contribution in [3.05, 3.63) is 23.8 Å². The average Bonchev–Trinajstić information content (AvgIpc) is 2.01. The Bertz CT molecular complexity index is 414. The van der Waals surface area contributed by atoms with E-state index in [0.29, 0.717) is 5.56 Å². The maximum Gasteiger partial charge on any atom is 0.240 e. The highest BCUT2D eigenvalue weighted by atomic mass is 32.2. The molecule has 5 N–H and O–H groups in total. The van der Waals surface area contributed by atoms with Crippen LogP contribution in [0.2, 0.25) is 0 Å². The van der Waals surface area contributed by atoms with Crippen LogP contribution in [0.15, 0.2) is 23.1 Å². The molecule has 1 aromatic rings. The summed E-state index contributed by atoms with van der Waals surface area (Å²) in [5.74, 6) is 0. The molecule has 0 saturated carbocycles. The van der Waals surface area contributed by atoms with Gasteiger partial charge in [-0.05, 0) is 17.7 Å². The van der Waals surface area contributed by atoms with Crippen LogP contribution in [0, 0.1) is 0 Å². The topological polar surface area (TPSA) is 106 Å². The molecule has 0 spiro atoms. The van der Waals surface area contributed by atoms with Gasteiger partial charge in [-0.2, -0.15) is 0 Å². The predicted molar refractivity (Wildman–Crippen MR) is 48.2 cm³/mol. The first-order valence-corrected chi connectivity index (χ1v) is 5.02. The highest BCUT2D eigenvalue weighted by molar-refractivity contribution is 7.89. The second-order valence-electron chi connectivity index (χ2n) is 2.58. The monoisotopic (exact) mass is 202 g/mol. The van der Waals surface area contributed by atoms with Gasteiger partial charge in [0.15, 0.2) is 0 Å². The lowest BCUT2D eigenvalue weighted by molar-refractivity contribution is 0.282. The number of aliphatic hydroxyl groups is 1. The van der Waals surface area contributed by atoms with Crippen molar-refractivity contribution >= 4 is 15.7 Å². The first-order chi connectivity index (χ1) is 5.95. The fourth-order valence-electron chi connectivity index (χ4n) is 0.955. The third-order valence-electron chi connectivity index (χ3n) is 1.56. The van der Waals surface area contributed by atoms with Crippen LogP contribution in [-0.4, -0.2) is 13.5 Å². The summed E-state index contributed by atoms with van der Waals surface area (Å²) in [6.07, 6.45) is 0. The lowest BCUT2D eigenvalue weighted by Crippen LogP contribution is -2.14. The molecule has 0 aliphatic rings. The summed E-state index contributed by atoms with van der Waals surface area (Å²) >= 11 is 0. The first kappa shape index (κ1) is 9.97. The number of rotatable bonds is 2. The molecule has 0 fully saturated rings. The van der Waals surface area contributed by atoms with Crippen molar-refractivity contribution in [2.75, 3.05) is 5.73 Å². The van der Waals surface area contributed by atoms with E-state index in [1.54, 1.807) is 0 Å². The molecule has 0 aliphatic carbocycles. The van der Waals surface area contributed by atoms with Crippen molar-refractivity contribution in [2.45, 2.75) is 11.5 Å². The molecular formula is C7H10N2O3S. The predicted octanol–water partition coefficient (Wildman–Crippen LogP) is -0.591. The van der Waals surface area contributed by atoms with Crippen LogP contribution < -0.4 is 10.9 Å². The number of hydrogen-bond acceptors (Lipinski definition) is 4. The van der Waals surface area contributed by atoms with Crippen LogP contribution in [0.5, 0.6) is 0 Å². The normalized spacial score (nSPS) is 11.5. The summed E-state index contributed by atoms with van der Waals surface area (Å²) in [6.45, 7) is -0.185. The number of nitrogens with two attached hydrogens (primary N) is 2. The van der Waals surface area contributed by atoms with Crippen molar-refractivity contribution in [1.82, 2.24) is 0 Å². The maximum atomic E-state index is 10.9. The lowest BCUT2D eigenvalue weighted by Gasteiger charge is -2.04. The Morgan fingerprint density at radius 3 is 2.38 bits per heavy atom. The number of benzene rings is 1. The van der Waals surface area contributed by atoms with Crippen LogP contribution in [0.4, 0.5) is 5.69 Å². The zero-order valence-electron chi connectivity index (χ0n) is 6.77. The van der Waals surface area contributed by atoms with E-state index >= 15 is 0 Å². The van der Waals surface area contributed by atoms with Gasteiger partial charge in [0.1, 0.15) is 4.90 Å². The maximum absolute atomic E-state index is 10.9. The van der Waals surface area contributed by atoms with Crippen LogP contribution >= 0.6 is 0 Å². The summed E-state index contributed by atoms with van der Waals surface area (Å²) in [5, 5.41) is 13.6. The minimum atomic E-state index is -3.77. The summed E-state index contributed by atoms with van der Waals surface area (Å²) in [4.78, 5) is -0.121. The second-order valence-corrected chi connectivity index (χ2v) is 4.11. The van der Waals surface area contributed by atoms with Gasteiger partial charge in [0.25, 0.3) is 0 Å². The molecule has 0 heterocycles. The molecular weight excluding hydrogens is 192 g/mol. The minimum absolute atomic E-state index is 0.0500. The molecule has 1 aromatic carbocycles. The minimum Gasteiger partial charge on any atom is -0.398 e. The van der Waals surface area contributed by atoms with Crippen molar-refractivity contribution in [1.29, 1.82) is 0 Å². The average molecular weight is 202 g/mol. The lowest BCUT2D eigenvalue weighted by atomic mass is 10.2. The smallest absolute Gasteiger partial charge is 0.240 e. The van der Waals surface area contributed by atoms with Gasteiger partial charge in [0, 0.05) is 0 Å². The van der Waals surface area contributed by atoms with Gasteiger partial charge in [-0.1, -0.05) is 6.07 Å². The van der Waals surface area contributed by atoms with Crippen molar-refractivity contribution in [3.8, 4) is 0 Å². The Morgan fingerprint density at radius 1 is 1.38 bits per heavy atom. The third-order valence-corrected chi connectivity index (χ3v) is 2.55. The van der Waals surface area contributed by atoms with Gasteiger partial charge < -0.3 is 10.8 Å². The molecule has 0 aliphatic heterocycles. The molecule has 0 bridgehead atoms. The molecule has 5 nitrogen and oxygen atoms in total. The SMILES string of the molecule is Nc1cc(CO)ccc1S(N)(=O)=O. The molecule has 1 rings (SSSR count). The molecule has 6 heteroatoms. The Hall–Kier alpha value is -1.11. The van der Waals surface area contributed by atoms with E-state index in [1.165, 1.54) is 18.2 Å².